The van der Waals surface area contributed by atoms with Crippen molar-refractivity contribution in [2.45, 2.75) is 37.8 Å². The van der Waals surface area contributed by atoms with Crippen molar-refractivity contribution in [3.63, 3.8) is 0 Å². The first-order valence-corrected chi connectivity index (χ1v) is 7.48. The Kier molecular flexibility index (Phi) is 2.84. The third-order valence-electron chi connectivity index (χ3n) is 4.56. The van der Waals surface area contributed by atoms with Crippen LogP contribution in [-0.4, -0.2) is 36.8 Å². The molecular formula is C15H21N3O. The van der Waals surface area contributed by atoms with Crippen LogP contribution < -0.4 is 15.0 Å². The Morgan fingerprint density at radius 2 is 2.16 bits per heavy atom. The molecule has 2 saturated heterocycles. The summed E-state index contributed by atoms with van der Waals surface area (Å²) in [6, 6.07) is 5.47. The van der Waals surface area contributed by atoms with Crippen LogP contribution in [0.5, 0.6) is 5.75 Å². The van der Waals surface area contributed by atoms with Crippen LogP contribution in [0.3, 0.4) is 0 Å². The first-order valence-electron chi connectivity index (χ1n) is 7.48. The number of ether oxygens (including phenoxy) is 1. The van der Waals surface area contributed by atoms with E-state index in [9.17, 15) is 0 Å². The molecule has 19 heavy (non-hydrogen) atoms. The summed E-state index contributed by atoms with van der Waals surface area (Å²) in [7, 11) is 0. The van der Waals surface area contributed by atoms with E-state index in [1.165, 1.54) is 25.7 Å². The Balaban J connectivity index is 1.31. The topological polar surface area (TPSA) is 37.4 Å². The highest BCUT2D eigenvalue weighted by molar-refractivity contribution is 5.41. The number of rotatable bonds is 4. The molecule has 3 fully saturated rings. The summed E-state index contributed by atoms with van der Waals surface area (Å²) in [5, 5.41) is 3.60. The van der Waals surface area contributed by atoms with Gasteiger partial charge >= 0.3 is 0 Å². The van der Waals surface area contributed by atoms with Crippen molar-refractivity contribution in [1.82, 2.24) is 10.3 Å². The zero-order valence-electron chi connectivity index (χ0n) is 11.2. The molecule has 0 bridgehead atoms. The van der Waals surface area contributed by atoms with Gasteiger partial charge in [-0.3, -0.25) is 0 Å². The number of fused-ring (bicyclic) bond motifs is 1. The minimum atomic E-state index is 0.544. The predicted molar refractivity (Wildman–Crippen MR) is 74.6 cm³/mol. The third kappa shape index (κ3) is 2.41. The summed E-state index contributed by atoms with van der Waals surface area (Å²) in [6.45, 7) is 3.06. The van der Waals surface area contributed by atoms with E-state index < -0.39 is 0 Å². The molecule has 0 spiro atoms. The predicted octanol–water partition coefficient (Wildman–Crippen LogP) is 1.81. The van der Waals surface area contributed by atoms with E-state index in [-0.39, 0.29) is 0 Å². The van der Waals surface area contributed by atoms with Gasteiger partial charge in [0.05, 0.1) is 6.20 Å². The lowest BCUT2D eigenvalue weighted by Gasteiger charge is -2.17. The molecule has 4 heteroatoms. The molecule has 0 aromatic carbocycles. The summed E-state index contributed by atoms with van der Waals surface area (Å²) in [5.41, 5.74) is 0. The van der Waals surface area contributed by atoms with Crippen molar-refractivity contribution in [1.29, 1.82) is 0 Å². The zero-order valence-corrected chi connectivity index (χ0v) is 11.2. The number of anilines is 1. The van der Waals surface area contributed by atoms with Gasteiger partial charge < -0.3 is 15.0 Å². The molecule has 102 valence electrons. The first-order chi connectivity index (χ1) is 9.38. The van der Waals surface area contributed by atoms with Gasteiger partial charge in [-0.1, -0.05) is 0 Å². The van der Waals surface area contributed by atoms with Crippen LogP contribution in [-0.2, 0) is 0 Å². The molecule has 4 nitrogen and oxygen atoms in total. The Labute approximate surface area is 114 Å². The fraction of sp³-hybridized carbons (Fsp3) is 0.667. The van der Waals surface area contributed by atoms with Crippen LogP contribution in [0.25, 0.3) is 0 Å². The van der Waals surface area contributed by atoms with E-state index in [1.54, 1.807) is 0 Å². The summed E-state index contributed by atoms with van der Waals surface area (Å²) in [5.74, 6) is 2.92. The van der Waals surface area contributed by atoms with E-state index in [0.29, 0.717) is 6.04 Å². The number of piperidine rings is 1. The molecule has 0 amide bonds. The second-order valence-corrected chi connectivity index (χ2v) is 6.06. The lowest BCUT2D eigenvalue weighted by atomic mass is 10.2. The number of aromatic nitrogens is 1. The standard InChI is InChI=1S/C15H21N3O/c1-2-6-18(5-1)15-4-3-13(9-16-15)19-10-12-7-11-8-14(11)17-12/h3-4,9,11-12,14,17H,1-2,5-8,10H2. The van der Waals surface area contributed by atoms with Crippen LogP contribution >= 0.6 is 0 Å². The molecule has 3 atom stereocenters. The molecule has 2 aliphatic heterocycles. The highest BCUT2D eigenvalue weighted by atomic mass is 16.5. The quantitative estimate of drug-likeness (QED) is 0.895. The number of nitrogens with zero attached hydrogens (tertiary/aromatic N) is 2. The van der Waals surface area contributed by atoms with Gasteiger partial charge in [-0.2, -0.15) is 0 Å². The minimum Gasteiger partial charge on any atom is -0.490 e. The minimum absolute atomic E-state index is 0.544. The van der Waals surface area contributed by atoms with Crippen LogP contribution in [0.4, 0.5) is 5.82 Å². The van der Waals surface area contributed by atoms with Crippen molar-refractivity contribution in [3.05, 3.63) is 18.3 Å². The molecule has 3 unspecified atom stereocenters. The second kappa shape index (κ2) is 4.67. The molecule has 3 heterocycles. The summed E-state index contributed by atoms with van der Waals surface area (Å²) < 4.78 is 5.83. The van der Waals surface area contributed by atoms with E-state index in [1.807, 2.05) is 6.20 Å². The molecule has 0 radical (unpaired) electrons. The number of hydrogen-bond donors (Lipinski definition) is 1. The maximum absolute atomic E-state index is 5.83. The Bertz CT molecular complexity index is 431. The van der Waals surface area contributed by atoms with Gasteiger partial charge in [0.15, 0.2) is 0 Å². The van der Waals surface area contributed by atoms with Crippen LogP contribution in [0.15, 0.2) is 18.3 Å². The molecule has 4 rings (SSSR count). The van der Waals surface area contributed by atoms with Crippen LogP contribution in [0.1, 0.15) is 25.7 Å². The SMILES string of the molecule is c1cc(N2CCCC2)ncc1OCC1CC2CC2N1. The van der Waals surface area contributed by atoms with Crippen molar-refractivity contribution in [2.24, 2.45) is 5.92 Å². The maximum Gasteiger partial charge on any atom is 0.137 e. The molecule has 1 aromatic heterocycles. The van der Waals surface area contributed by atoms with Gasteiger partial charge in [0.25, 0.3) is 0 Å². The average molecular weight is 259 g/mol. The van der Waals surface area contributed by atoms with Crippen molar-refractivity contribution < 1.29 is 4.74 Å². The molecular weight excluding hydrogens is 238 g/mol. The van der Waals surface area contributed by atoms with Gasteiger partial charge in [0.1, 0.15) is 18.2 Å². The van der Waals surface area contributed by atoms with Crippen LogP contribution in [0, 0.1) is 5.92 Å². The third-order valence-corrected chi connectivity index (χ3v) is 4.56. The lowest BCUT2D eigenvalue weighted by Crippen LogP contribution is -2.31. The Morgan fingerprint density at radius 1 is 1.26 bits per heavy atom. The van der Waals surface area contributed by atoms with Gasteiger partial charge in [-0.15, -0.1) is 0 Å². The smallest absolute Gasteiger partial charge is 0.137 e. The molecule has 1 aliphatic carbocycles. The fourth-order valence-corrected chi connectivity index (χ4v) is 3.35. The van der Waals surface area contributed by atoms with Gasteiger partial charge in [-0.25, -0.2) is 4.98 Å². The molecule has 1 saturated carbocycles. The van der Waals surface area contributed by atoms with E-state index in [2.05, 4.69) is 27.3 Å². The van der Waals surface area contributed by atoms with Crippen molar-refractivity contribution >= 4 is 5.82 Å². The lowest BCUT2D eigenvalue weighted by molar-refractivity contribution is 0.267. The van der Waals surface area contributed by atoms with Gasteiger partial charge in [0, 0.05) is 25.2 Å². The van der Waals surface area contributed by atoms with Crippen molar-refractivity contribution in [2.75, 3.05) is 24.6 Å². The second-order valence-electron chi connectivity index (χ2n) is 6.06. The largest absolute Gasteiger partial charge is 0.490 e. The van der Waals surface area contributed by atoms with Crippen molar-refractivity contribution in [3.8, 4) is 5.75 Å². The van der Waals surface area contributed by atoms with E-state index in [4.69, 9.17) is 4.74 Å². The van der Waals surface area contributed by atoms with Gasteiger partial charge in [-0.05, 0) is 43.7 Å². The number of hydrogen-bond acceptors (Lipinski definition) is 4. The number of nitrogens with one attached hydrogen (secondary N) is 1. The fourth-order valence-electron chi connectivity index (χ4n) is 3.35. The zero-order chi connectivity index (χ0) is 12.7. The Hall–Kier alpha value is -1.29. The summed E-state index contributed by atoms with van der Waals surface area (Å²) in [4.78, 5) is 6.85. The normalized spacial score (nSPS) is 32.4. The van der Waals surface area contributed by atoms with Crippen LogP contribution in [0.2, 0.25) is 0 Å². The maximum atomic E-state index is 5.83. The van der Waals surface area contributed by atoms with Gasteiger partial charge in [0.2, 0.25) is 0 Å². The van der Waals surface area contributed by atoms with E-state index >= 15 is 0 Å². The first kappa shape index (κ1) is 11.5. The monoisotopic (exact) mass is 259 g/mol. The van der Waals surface area contributed by atoms with E-state index in [0.717, 1.165) is 43.2 Å². The summed E-state index contributed by atoms with van der Waals surface area (Å²) >= 11 is 0. The highest BCUT2D eigenvalue weighted by Gasteiger charge is 2.45. The molecule has 1 aromatic rings. The average Bonchev–Trinajstić information content (AvgIpc) is 2.88. The summed E-state index contributed by atoms with van der Waals surface area (Å²) in [6.07, 6.45) is 7.10. The number of pyridine rings is 1. The molecule has 3 aliphatic rings. The molecule has 1 N–H and O–H groups in total. The highest BCUT2D eigenvalue weighted by Crippen LogP contribution is 2.40. The Morgan fingerprint density at radius 3 is 2.84 bits per heavy atom.